The van der Waals surface area contributed by atoms with E-state index in [4.69, 9.17) is 14.6 Å². The Hall–Kier alpha value is -3.23. The molecule has 4 rings (SSSR count). The number of carbonyl (C=O) groups is 2. The molecule has 210 valence electrons. The van der Waals surface area contributed by atoms with Crippen LogP contribution in [0.15, 0.2) is 48.8 Å². The van der Waals surface area contributed by atoms with Crippen molar-refractivity contribution in [3.05, 3.63) is 65.5 Å². The molecule has 1 aliphatic rings. The first kappa shape index (κ1) is 28.8. The van der Waals surface area contributed by atoms with E-state index >= 15 is 0 Å². The number of carbonyl (C=O) groups excluding carboxylic acids is 2. The lowest BCUT2D eigenvalue weighted by Gasteiger charge is -2.32. The Kier molecular flexibility index (Phi) is 10.9. The van der Waals surface area contributed by atoms with Gasteiger partial charge in [-0.15, -0.1) is 0 Å². The quantitative estimate of drug-likeness (QED) is 0.168. The van der Waals surface area contributed by atoms with Gasteiger partial charge in [0.15, 0.2) is 0 Å². The zero-order chi connectivity index (χ0) is 27.5. The predicted molar refractivity (Wildman–Crippen MR) is 153 cm³/mol. The molecule has 1 amide bonds. The molecule has 0 spiro atoms. The monoisotopic (exact) mass is 534 g/mol. The average Bonchev–Trinajstić information content (AvgIpc) is 3.38. The van der Waals surface area contributed by atoms with Crippen molar-refractivity contribution in [2.45, 2.75) is 71.3 Å². The lowest BCUT2D eigenvalue weighted by atomic mass is 9.88. The average molecular weight is 535 g/mol. The Morgan fingerprint density at radius 1 is 1.00 bits per heavy atom. The molecule has 0 saturated carbocycles. The van der Waals surface area contributed by atoms with E-state index in [0.717, 1.165) is 69.4 Å². The van der Waals surface area contributed by atoms with E-state index in [1.165, 1.54) is 10.9 Å². The van der Waals surface area contributed by atoms with Crippen LogP contribution in [0, 0.1) is 0 Å². The van der Waals surface area contributed by atoms with E-state index in [1.807, 2.05) is 30.5 Å². The van der Waals surface area contributed by atoms with Crippen molar-refractivity contribution < 1.29 is 19.2 Å². The third kappa shape index (κ3) is 8.13. The number of likely N-dealkylation sites (tertiary alicyclic amines) is 1. The summed E-state index contributed by atoms with van der Waals surface area (Å²) in [5.41, 5.74) is 6.52. The van der Waals surface area contributed by atoms with E-state index in [9.17, 15) is 9.59 Å². The molecule has 0 radical (unpaired) electrons. The molecule has 1 aromatic carbocycles. The Bertz CT molecular complexity index is 1200. The van der Waals surface area contributed by atoms with E-state index in [0.29, 0.717) is 37.7 Å². The molecule has 3 heterocycles. The number of ether oxygens (including phenoxy) is 1. The molecule has 1 saturated heterocycles. The summed E-state index contributed by atoms with van der Waals surface area (Å²) in [6.45, 7) is 8.65. The molecule has 1 N–H and O–H groups in total. The van der Waals surface area contributed by atoms with E-state index in [2.05, 4.69) is 47.1 Å². The zero-order valence-corrected chi connectivity index (χ0v) is 23.4. The molecule has 1 fully saturated rings. The minimum atomic E-state index is -0.228. The number of nitrogens with one attached hydrogen (secondary N) is 1. The highest BCUT2D eigenvalue weighted by Crippen LogP contribution is 2.33. The Morgan fingerprint density at radius 2 is 1.74 bits per heavy atom. The Labute approximate surface area is 231 Å². The van der Waals surface area contributed by atoms with Crippen LogP contribution in [-0.2, 0) is 20.9 Å². The molecule has 8 nitrogen and oxygen atoms in total. The second-order valence-electron chi connectivity index (χ2n) is 10.4. The van der Waals surface area contributed by atoms with Crippen LogP contribution in [0.4, 0.5) is 0 Å². The number of rotatable bonds is 14. The molecular formula is C31H42N4O4. The second-order valence-corrected chi connectivity index (χ2v) is 10.4. The third-order valence-corrected chi connectivity index (χ3v) is 7.45. The first-order chi connectivity index (χ1) is 19.1. The van der Waals surface area contributed by atoms with Crippen LogP contribution < -0.4 is 5.48 Å². The van der Waals surface area contributed by atoms with Crippen molar-refractivity contribution in [3.63, 3.8) is 0 Å². The third-order valence-electron chi connectivity index (χ3n) is 7.45. The summed E-state index contributed by atoms with van der Waals surface area (Å²) >= 11 is 0. The van der Waals surface area contributed by atoms with Gasteiger partial charge in [-0.3, -0.25) is 14.4 Å². The number of hydrogen-bond acceptors (Lipinski definition) is 6. The fourth-order valence-electron chi connectivity index (χ4n) is 5.06. The highest BCUT2D eigenvalue weighted by atomic mass is 16.6. The highest BCUT2D eigenvalue weighted by molar-refractivity contribution is 5.93. The predicted octanol–water partition coefficient (Wildman–Crippen LogP) is 5.46. The fourth-order valence-corrected chi connectivity index (χ4v) is 5.06. The number of aromatic nitrogens is 2. The minimum absolute atomic E-state index is 0.0860. The summed E-state index contributed by atoms with van der Waals surface area (Å²) in [5, 5.41) is 1.20. The number of benzene rings is 1. The van der Waals surface area contributed by atoms with Gasteiger partial charge in [-0.05, 0) is 80.1 Å². The van der Waals surface area contributed by atoms with Gasteiger partial charge in [0.1, 0.15) is 5.65 Å². The number of pyridine rings is 1. The van der Waals surface area contributed by atoms with Gasteiger partial charge in [0, 0.05) is 36.4 Å². The number of unbranched alkanes of at least 4 members (excludes halogenated alkanes) is 2. The van der Waals surface area contributed by atoms with Crippen LogP contribution in [0.3, 0.4) is 0 Å². The van der Waals surface area contributed by atoms with Crippen molar-refractivity contribution in [1.29, 1.82) is 0 Å². The molecule has 0 atom stereocenters. The number of amides is 1. The van der Waals surface area contributed by atoms with Crippen LogP contribution in [0.25, 0.3) is 11.0 Å². The summed E-state index contributed by atoms with van der Waals surface area (Å²) in [7, 11) is 0. The van der Waals surface area contributed by atoms with E-state index < -0.39 is 0 Å². The number of nitrogens with zero attached hydrogens (tertiary/aromatic N) is 3. The lowest BCUT2D eigenvalue weighted by Crippen LogP contribution is -2.34. The highest BCUT2D eigenvalue weighted by Gasteiger charge is 2.23. The zero-order valence-electron chi connectivity index (χ0n) is 23.4. The molecule has 0 unspecified atom stereocenters. The van der Waals surface area contributed by atoms with E-state index in [1.54, 1.807) is 0 Å². The number of hydroxylamine groups is 1. The summed E-state index contributed by atoms with van der Waals surface area (Å²) in [6, 6.07) is 12.0. The van der Waals surface area contributed by atoms with Gasteiger partial charge >= 0.3 is 5.97 Å². The molecule has 3 aromatic rings. The number of fused-ring (bicyclic) bond motifs is 1. The maximum Gasteiger partial charge on any atom is 0.307 e. The molecular weight excluding hydrogens is 492 g/mol. The molecule has 1 aliphatic heterocycles. The SMILES string of the molecule is CCCCONC(=O)c1ccc(Cn2ccc3c(C4CCN(CCC(=O)OCCCC)CC4)ccnc32)cc1. The summed E-state index contributed by atoms with van der Waals surface area (Å²) < 4.78 is 7.46. The fraction of sp³-hybridized carbons (Fsp3) is 0.516. The maximum absolute atomic E-state index is 12.3. The molecule has 8 heteroatoms. The minimum Gasteiger partial charge on any atom is -0.466 e. The second kappa shape index (κ2) is 14.8. The van der Waals surface area contributed by atoms with Gasteiger partial charge in [-0.1, -0.05) is 38.8 Å². The van der Waals surface area contributed by atoms with Crippen molar-refractivity contribution in [1.82, 2.24) is 19.9 Å². The van der Waals surface area contributed by atoms with Crippen LogP contribution in [0.1, 0.15) is 86.2 Å². The van der Waals surface area contributed by atoms with Crippen LogP contribution in [0.5, 0.6) is 0 Å². The lowest BCUT2D eigenvalue weighted by molar-refractivity contribution is -0.144. The van der Waals surface area contributed by atoms with Gasteiger partial charge in [0.05, 0.1) is 19.6 Å². The largest absolute Gasteiger partial charge is 0.466 e. The maximum atomic E-state index is 12.3. The number of piperidine rings is 1. The molecule has 0 aliphatic carbocycles. The number of hydrogen-bond donors (Lipinski definition) is 1. The van der Waals surface area contributed by atoms with Gasteiger partial charge in [-0.25, -0.2) is 10.5 Å². The van der Waals surface area contributed by atoms with Crippen molar-refractivity contribution in [2.24, 2.45) is 0 Å². The van der Waals surface area contributed by atoms with Gasteiger partial charge in [0.2, 0.25) is 0 Å². The molecule has 0 bridgehead atoms. The standard InChI is InChI=1S/C31H42N4O4/c1-3-5-21-38-29(36)15-19-34-17-12-25(13-18-34)27-11-16-32-30-28(27)14-20-35(30)23-24-7-9-26(10-8-24)31(37)33-39-22-6-4-2/h7-11,14,16,20,25H,3-6,12-13,15,17-19,21-23H2,1-2H3,(H,33,37). The van der Waals surface area contributed by atoms with Crippen molar-refractivity contribution in [3.8, 4) is 0 Å². The Balaban J connectivity index is 1.31. The van der Waals surface area contributed by atoms with E-state index in [-0.39, 0.29) is 11.9 Å². The smallest absolute Gasteiger partial charge is 0.307 e. The first-order valence-electron chi connectivity index (χ1n) is 14.4. The van der Waals surface area contributed by atoms with Crippen LogP contribution in [0.2, 0.25) is 0 Å². The molecule has 39 heavy (non-hydrogen) atoms. The van der Waals surface area contributed by atoms with Gasteiger partial charge in [-0.2, -0.15) is 0 Å². The summed E-state index contributed by atoms with van der Waals surface area (Å²) in [5.74, 6) is 0.168. The normalized spacial score (nSPS) is 14.5. The van der Waals surface area contributed by atoms with Crippen molar-refractivity contribution >= 4 is 22.9 Å². The van der Waals surface area contributed by atoms with Crippen molar-refractivity contribution in [2.75, 3.05) is 32.8 Å². The van der Waals surface area contributed by atoms with Gasteiger partial charge < -0.3 is 14.2 Å². The first-order valence-corrected chi connectivity index (χ1v) is 14.4. The number of esters is 1. The molecule has 2 aromatic heterocycles. The van der Waals surface area contributed by atoms with Crippen LogP contribution in [-0.4, -0.2) is 59.2 Å². The van der Waals surface area contributed by atoms with Gasteiger partial charge in [0.25, 0.3) is 5.91 Å². The topological polar surface area (TPSA) is 85.7 Å². The summed E-state index contributed by atoms with van der Waals surface area (Å²) in [4.78, 5) is 36.5. The van der Waals surface area contributed by atoms with Crippen LogP contribution >= 0.6 is 0 Å². The Morgan fingerprint density at radius 3 is 2.49 bits per heavy atom. The summed E-state index contributed by atoms with van der Waals surface area (Å²) in [6.07, 6.45) is 10.5.